The Morgan fingerprint density at radius 1 is 0.400 bits per heavy atom. The highest BCUT2D eigenvalue weighted by Gasteiger charge is 2.51. The Balaban J connectivity index is 1.52. The summed E-state index contributed by atoms with van der Waals surface area (Å²) in [7, 11) is 0. The summed E-state index contributed by atoms with van der Waals surface area (Å²) in [5, 5.41) is 4.33. The van der Waals surface area contributed by atoms with Crippen LogP contribution >= 0.6 is 22.7 Å². The Labute approximate surface area is 212 Å². The van der Waals surface area contributed by atoms with E-state index in [0.29, 0.717) is 0 Å². The Bertz CT molecular complexity index is 1610. The van der Waals surface area contributed by atoms with Gasteiger partial charge in [0.05, 0.1) is 5.41 Å². The van der Waals surface area contributed by atoms with Crippen LogP contribution in [0.25, 0.3) is 43.1 Å². The van der Waals surface area contributed by atoms with E-state index in [-0.39, 0.29) is 5.41 Å². The number of fused-ring (bicyclic) bond motifs is 10. The Morgan fingerprint density at radius 2 is 0.857 bits per heavy atom. The summed E-state index contributed by atoms with van der Waals surface area (Å²) in [5.41, 5.74) is 13.3. The fraction of sp³-hybridized carbons (Fsp3) is 0.0303. The normalized spacial score (nSPS) is 13.9. The minimum Gasteiger partial charge on any atom is -0.144 e. The molecular weight excluding hydrogens is 460 g/mol. The fourth-order valence-electron chi connectivity index (χ4n) is 6.33. The van der Waals surface area contributed by atoms with Crippen LogP contribution in [0, 0.1) is 0 Å². The largest absolute Gasteiger partial charge is 0.144 e. The molecule has 1 spiro atoms. The van der Waals surface area contributed by atoms with Crippen LogP contribution in [0.5, 0.6) is 0 Å². The van der Waals surface area contributed by atoms with E-state index in [9.17, 15) is 0 Å². The van der Waals surface area contributed by atoms with Gasteiger partial charge in [-0.1, -0.05) is 84.9 Å². The molecule has 0 aliphatic heterocycles. The molecule has 2 aliphatic rings. The van der Waals surface area contributed by atoms with E-state index >= 15 is 0 Å². The minimum absolute atomic E-state index is 0.307. The Kier molecular flexibility index (Phi) is 4.00. The maximum atomic E-state index is 2.46. The molecule has 8 rings (SSSR count). The lowest BCUT2D eigenvalue weighted by Gasteiger charge is -2.31. The number of hydrogen-bond donors (Lipinski definition) is 0. The van der Waals surface area contributed by atoms with Crippen molar-refractivity contribution in [2.45, 2.75) is 5.41 Å². The van der Waals surface area contributed by atoms with Gasteiger partial charge < -0.3 is 0 Å². The van der Waals surface area contributed by atoms with Crippen molar-refractivity contribution < 1.29 is 0 Å². The van der Waals surface area contributed by atoms with Gasteiger partial charge >= 0.3 is 0 Å². The first-order valence-corrected chi connectivity index (χ1v) is 13.7. The molecule has 2 aromatic heterocycles. The van der Waals surface area contributed by atoms with Crippen LogP contribution in [0.15, 0.2) is 120 Å². The number of benzene rings is 4. The minimum atomic E-state index is -0.307. The van der Waals surface area contributed by atoms with Gasteiger partial charge in [0, 0.05) is 9.75 Å². The van der Waals surface area contributed by atoms with Gasteiger partial charge in [-0.2, -0.15) is 0 Å². The van der Waals surface area contributed by atoms with E-state index in [2.05, 4.69) is 120 Å². The van der Waals surface area contributed by atoms with Crippen molar-refractivity contribution in [3.8, 4) is 43.1 Å². The third-order valence-electron chi connectivity index (χ3n) is 7.70. The highest BCUT2D eigenvalue weighted by Crippen LogP contribution is 2.63. The van der Waals surface area contributed by atoms with E-state index in [1.807, 2.05) is 22.7 Å². The quantitative estimate of drug-likeness (QED) is 0.231. The monoisotopic (exact) mass is 480 g/mol. The van der Waals surface area contributed by atoms with Crippen LogP contribution < -0.4 is 0 Å². The van der Waals surface area contributed by atoms with Crippen molar-refractivity contribution in [2.24, 2.45) is 0 Å². The molecule has 4 aromatic carbocycles. The van der Waals surface area contributed by atoms with Crippen LogP contribution in [-0.4, -0.2) is 0 Å². The summed E-state index contributed by atoms with van der Waals surface area (Å²) in [6.07, 6.45) is 0. The molecule has 0 nitrogen and oxygen atoms in total. The van der Waals surface area contributed by atoms with E-state index in [0.717, 1.165) is 0 Å². The predicted octanol–water partition coefficient (Wildman–Crippen LogP) is 9.49. The Morgan fingerprint density at radius 3 is 1.31 bits per heavy atom. The van der Waals surface area contributed by atoms with Crippen LogP contribution in [-0.2, 0) is 5.41 Å². The molecule has 35 heavy (non-hydrogen) atoms. The topological polar surface area (TPSA) is 0 Å². The fourth-order valence-corrected chi connectivity index (χ4v) is 7.78. The molecule has 0 radical (unpaired) electrons. The van der Waals surface area contributed by atoms with Crippen molar-refractivity contribution in [1.82, 2.24) is 0 Å². The van der Waals surface area contributed by atoms with Crippen molar-refractivity contribution in [3.05, 3.63) is 142 Å². The van der Waals surface area contributed by atoms with E-state index in [1.54, 1.807) is 0 Å². The lowest BCUT2D eigenvalue weighted by molar-refractivity contribution is 0.794. The lowest BCUT2D eigenvalue weighted by Crippen LogP contribution is -2.26. The van der Waals surface area contributed by atoms with Crippen molar-refractivity contribution in [1.29, 1.82) is 0 Å². The van der Waals surface area contributed by atoms with E-state index < -0.39 is 0 Å². The summed E-state index contributed by atoms with van der Waals surface area (Å²) < 4.78 is 0. The molecule has 0 fully saturated rings. The predicted molar refractivity (Wildman–Crippen MR) is 149 cm³/mol. The maximum absolute atomic E-state index is 2.46. The molecule has 6 aromatic rings. The summed E-state index contributed by atoms with van der Waals surface area (Å²) in [5.74, 6) is 0. The van der Waals surface area contributed by atoms with Gasteiger partial charge in [-0.25, -0.2) is 0 Å². The first-order chi connectivity index (χ1) is 17.4. The summed E-state index contributed by atoms with van der Waals surface area (Å²) in [6, 6.07) is 41.0. The second kappa shape index (κ2) is 7.14. The number of rotatable bonds is 2. The van der Waals surface area contributed by atoms with Crippen LogP contribution in [0.2, 0.25) is 0 Å². The molecule has 0 atom stereocenters. The standard InChI is InChI=1S/C33H20S2/c1-3-9-27-23(7-1)24-8-2-4-10-28(24)33(27)29-19-21(31-11-5-17-34-31)13-15-25(29)26-16-14-22(20-30(26)33)32-12-6-18-35-32/h1-20H. The molecule has 0 saturated carbocycles. The van der Waals surface area contributed by atoms with Gasteiger partial charge in [-0.3, -0.25) is 0 Å². The van der Waals surface area contributed by atoms with Crippen LogP contribution in [0.4, 0.5) is 0 Å². The summed E-state index contributed by atoms with van der Waals surface area (Å²) in [4.78, 5) is 2.63. The SMILES string of the molecule is c1csc(-c2ccc3c(c2)C2(c4ccccc4-c4ccccc42)c2cc(-c4cccs4)ccc2-3)c1. The van der Waals surface area contributed by atoms with Gasteiger partial charge in [-0.15, -0.1) is 22.7 Å². The van der Waals surface area contributed by atoms with Gasteiger partial charge in [0.1, 0.15) is 0 Å². The Hall–Kier alpha value is -3.72. The first-order valence-electron chi connectivity index (χ1n) is 11.9. The summed E-state index contributed by atoms with van der Waals surface area (Å²) >= 11 is 3.62. The number of thiophene rings is 2. The average Bonchev–Trinajstić information content (AvgIpc) is 3.71. The molecular formula is C33H20S2. The molecule has 0 amide bonds. The highest BCUT2D eigenvalue weighted by molar-refractivity contribution is 7.13. The van der Waals surface area contributed by atoms with Crippen molar-refractivity contribution in [2.75, 3.05) is 0 Å². The smallest absolute Gasteiger partial charge is 0.0725 e. The first kappa shape index (κ1) is 19.6. The average molecular weight is 481 g/mol. The van der Waals surface area contributed by atoms with Gasteiger partial charge in [0.15, 0.2) is 0 Å². The van der Waals surface area contributed by atoms with Crippen LogP contribution in [0.3, 0.4) is 0 Å². The van der Waals surface area contributed by atoms with Crippen LogP contribution in [0.1, 0.15) is 22.3 Å². The van der Waals surface area contributed by atoms with E-state index in [1.165, 1.54) is 65.4 Å². The third kappa shape index (κ3) is 2.51. The third-order valence-corrected chi connectivity index (χ3v) is 9.54. The zero-order valence-electron chi connectivity index (χ0n) is 18.9. The van der Waals surface area contributed by atoms with E-state index in [4.69, 9.17) is 0 Å². The second-order valence-corrected chi connectivity index (χ2v) is 11.2. The van der Waals surface area contributed by atoms with Crippen molar-refractivity contribution in [3.63, 3.8) is 0 Å². The van der Waals surface area contributed by atoms with Gasteiger partial charge in [-0.05, 0) is 90.7 Å². The van der Waals surface area contributed by atoms with Gasteiger partial charge in [0.25, 0.3) is 0 Å². The number of hydrogen-bond acceptors (Lipinski definition) is 2. The molecule has 0 bridgehead atoms. The molecule has 0 N–H and O–H groups in total. The molecule has 0 saturated heterocycles. The lowest BCUT2D eigenvalue weighted by atomic mass is 9.70. The zero-order valence-corrected chi connectivity index (χ0v) is 20.5. The molecule has 2 aliphatic carbocycles. The molecule has 164 valence electrons. The maximum Gasteiger partial charge on any atom is 0.0725 e. The molecule has 0 unspecified atom stereocenters. The summed E-state index contributed by atoms with van der Waals surface area (Å²) in [6.45, 7) is 0. The van der Waals surface area contributed by atoms with Crippen molar-refractivity contribution >= 4 is 22.7 Å². The molecule has 2 heterocycles. The van der Waals surface area contributed by atoms with Gasteiger partial charge in [0.2, 0.25) is 0 Å². The molecule has 2 heteroatoms. The highest BCUT2D eigenvalue weighted by atomic mass is 32.1. The zero-order chi connectivity index (χ0) is 23.0. The second-order valence-electron chi connectivity index (χ2n) is 9.32.